The van der Waals surface area contributed by atoms with E-state index in [2.05, 4.69) is 26.5 Å². The molecule has 0 amide bonds. The molecule has 26 heavy (non-hydrogen) atoms. The zero-order chi connectivity index (χ0) is 18.5. The quantitative estimate of drug-likeness (QED) is 0.565. The van der Waals surface area contributed by atoms with E-state index in [1.165, 1.54) is 32.1 Å². The second-order valence-electron chi connectivity index (χ2n) is 9.97. The molecule has 0 aromatic rings. The molecule has 7 unspecified atom stereocenters. The van der Waals surface area contributed by atoms with Crippen LogP contribution in [-0.2, 0) is 14.3 Å². The van der Waals surface area contributed by atoms with Crippen LogP contribution in [-0.4, -0.2) is 23.6 Å². The summed E-state index contributed by atoms with van der Waals surface area (Å²) in [6, 6.07) is 0. The van der Waals surface area contributed by atoms with Gasteiger partial charge in [0.25, 0.3) is 0 Å². The molecule has 4 heteroatoms. The van der Waals surface area contributed by atoms with E-state index in [1.807, 2.05) is 0 Å². The largest absolute Gasteiger partial charge is 0.462 e. The Bertz CT molecular complexity index is 590. The summed E-state index contributed by atoms with van der Waals surface area (Å²) in [6.07, 6.45) is 10.4. The lowest BCUT2D eigenvalue weighted by Crippen LogP contribution is -2.54. The number of ketones is 1. The average molecular weight is 379 g/mol. The summed E-state index contributed by atoms with van der Waals surface area (Å²) in [5.41, 5.74) is 0.514. The minimum Gasteiger partial charge on any atom is -0.462 e. The van der Waals surface area contributed by atoms with Crippen LogP contribution in [0.2, 0.25) is 0 Å². The Hall–Kier alpha value is -0.510. The average Bonchev–Trinajstić information content (AvgIpc) is 2.92. The van der Waals surface area contributed by atoms with Crippen molar-refractivity contribution in [3.8, 4) is 0 Å². The highest BCUT2D eigenvalue weighted by Crippen LogP contribution is 2.66. The van der Waals surface area contributed by atoms with E-state index in [-0.39, 0.29) is 17.5 Å². The maximum Gasteiger partial charge on any atom is 0.306 e. The second kappa shape index (κ2) is 6.83. The van der Waals surface area contributed by atoms with Crippen molar-refractivity contribution in [1.82, 2.24) is 0 Å². The molecule has 0 aliphatic heterocycles. The Morgan fingerprint density at radius 2 is 1.85 bits per heavy atom. The van der Waals surface area contributed by atoms with Crippen molar-refractivity contribution in [2.24, 2.45) is 34.5 Å². The molecule has 146 valence electrons. The summed E-state index contributed by atoms with van der Waals surface area (Å²) in [6.45, 7) is 4.88. The van der Waals surface area contributed by atoms with Gasteiger partial charge >= 0.3 is 5.97 Å². The van der Waals surface area contributed by atoms with Gasteiger partial charge in [0.1, 0.15) is 11.9 Å². The van der Waals surface area contributed by atoms with Gasteiger partial charge in [-0.1, -0.05) is 13.8 Å². The van der Waals surface area contributed by atoms with Crippen LogP contribution in [0.15, 0.2) is 0 Å². The van der Waals surface area contributed by atoms with Crippen LogP contribution in [0.25, 0.3) is 0 Å². The Balaban J connectivity index is 1.52. The van der Waals surface area contributed by atoms with Gasteiger partial charge in [0.05, 0.1) is 6.42 Å². The van der Waals surface area contributed by atoms with Crippen molar-refractivity contribution in [3.05, 3.63) is 0 Å². The summed E-state index contributed by atoms with van der Waals surface area (Å²) in [5, 5.41) is 0. The molecule has 3 nitrogen and oxygen atoms in total. The SMILES string of the molecule is CC12CCC(=O)CC1CCC1C2CCC2(C)C(OC(=O)CCS)CCC12. The maximum absolute atomic E-state index is 12.1. The lowest BCUT2D eigenvalue weighted by atomic mass is 9.45. The molecule has 4 fully saturated rings. The Morgan fingerprint density at radius 3 is 2.62 bits per heavy atom. The first-order valence-corrected chi connectivity index (χ1v) is 11.3. The number of Topliss-reactive ketones (excluding diaryl/α,β-unsaturated/α-hetero) is 1. The number of carbonyl (C=O) groups excluding carboxylic acids is 2. The zero-order valence-electron chi connectivity index (χ0n) is 16.3. The van der Waals surface area contributed by atoms with E-state index < -0.39 is 0 Å². The number of fused-ring (bicyclic) bond motifs is 5. The smallest absolute Gasteiger partial charge is 0.306 e. The molecular formula is C22H34O3S. The van der Waals surface area contributed by atoms with Crippen molar-refractivity contribution in [1.29, 1.82) is 0 Å². The number of hydrogen-bond acceptors (Lipinski definition) is 4. The lowest BCUT2D eigenvalue weighted by molar-refractivity contribution is -0.163. The molecule has 0 radical (unpaired) electrons. The van der Waals surface area contributed by atoms with Gasteiger partial charge < -0.3 is 4.74 Å². The third kappa shape index (κ3) is 2.86. The van der Waals surface area contributed by atoms with Gasteiger partial charge in [0.2, 0.25) is 0 Å². The third-order valence-electron chi connectivity index (χ3n) is 8.98. The number of hydrogen-bond donors (Lipinski definition) is 1. The molecule has 0 N–H and O–H groups in total. The lowest BCUT2D eigenvalue weighted by Gasteiger charge is -2.60. The van der Waals surface area contributed by atoms with E-state index in [9.17, 15) is 9.59 Å². The van der Waals surface area contributed by atoms with Gasteiger partial charge in [-0.05, 0) is 74.0 Å². The molecule has 4 saturated carbocycles. The van der Waals surface area contributed by atoms with Crippen molar-refractivity contribution in [3.63, 3.8) is 0 Å². The van der Waals surface area contributed by atoms with Gasteiger partial charge in [-0.15, -0.1) is 0 Å². The first-order valence-electron chi connectivity index (χ1n) is 10.7. The van der Waals surface area contributed by atoms with Crippen LogP contribution in [0, 0.1) is 34.5 Å². The molecule has 0 bridgehead atoms. The van der Waals surface area contributed by atoms with Gasteiger partial charge in [-0.25, -0.2) is 0 Å². The predicted octanol–water partition coefficient (Wildman–Crippen LogP) is 4.83. The van der Waals surface area contributed by atoms with E-state index in [0.29, 0.717) is 35.2 Å². The Morgan fingerprint density at radius 1 is 1.08 bits per heavy atom. The fraction of sp³-hybridized carbons (Fsp3) is 0.909. The van der Waals surface area contributed by atoms with Crippen molar-refractivity contribution in [2.45, 2.75) is 84.2 Å². The fourth-order valence-electron chi connectivity index (χ4n) is 7.50. The van der Waals surface area contributed by atoms with Crippen LogP contribution >= 0.6 is 12.6 Å². The minimum absolute atomic E-state index is 0.0736. The summed E-state index contributed by atoms with van der Waals surface area (Å²) in [7, 11) is 0. The van der Waals surface area contributed by atoms with Crippen LogP contribution in [0.4, 0.5) is 0 Å². The van der Waals surface area contributed by atoms with E-state index in [1.54, 1.807) is 0 Å². The van der Waals surface area contributed by atoms with Crippen molar-refractivity contribution >= 4 is 24.4 Å². The number of ether oxygens (including phenoxy) is 1. The van der Waals surface area contributed by atoms with E-state index in [0.717, 1.165) is 37.5 Å². The normalized spacial score (nSPS) is 47.7. The van der Waals surface area contributed by atoms with Crippen molar-refractivity contribution < 1.29 is 14.3 Å². The molecule has 0 aromatic carbocycles. The van der Waals surface area contributed by atoms with Crippen LogP contribution in [0.1, 0.15) is 78.1 Å². The topological polar surface area (TPSA) is 43.4 Å². The molecule has 4 aliphatic rings. The highest BCUT2D eigenvalue weighted by atomic mass is 32.1. The highest BCUT2D eigenvalue weighted by Gasteiger charge is 2.61. The highest BCUT2D eigenvalue weighted by molar-refractivity contribution is 7.80. The number of esters is 1. The molecule has 4 aliphatic carbocycles. The van der Waals surface area contributed by atoms with E-state index in [4.69, 9.17) is 4.74 Å². The number of rotatable bonds is 3. The van der Waals surface area contributed by atoms with Crippen LogP contribution in [0.3, 0.4) is 0 Å². The summed E-state index contributed by atoms with van der Waals surface area (Å²) < 4.78 is 5.92. The fourth-order valence-corrected chi connectivity index (χ4v) is 7.68. The molecule has 0 aromatic heterocycles. The number of thiol groups is 1. The molecule has 0 saturated heterocycles. The first-order chi connectivity index (χ1) is 12.4. The molecule has 0 heterocycles. The predicted molar refractivity (Wildman–Crippen MR) is 105 cm³/mol. The first kappa shape index (κ1) is 18.8. The van der Waals surface area contributed by atoms with Crippen LogP contribution < -0.4 is 0 Å². The summed E-state index contributed by atoms with van der Waals surface area (Å²) in [5.74, 6) is 3.80. The van der Waals surface area contributed by atoms with Gasteiger partial charge in [0.15, 0.2) is 0 Å². The molecule has 4 rings (SSSR count). The Kier molecular flexibility index (Phi) is 4.95. The maximum atomic E-state index is 12.1. The summed E-state index contributed by atoms with van der Waals surface area (Å²) >= 11 is 4.17. The summed E-state index contributed by atoms with van der Waals surface area (Å²) in [4.78, 5) is 24.1. The zero-order valence-corrected chi connectivity index (χ0v) is 17.2. The van der Waals surface area contributed by atoms with E-state index >= 15 is 0 Å². The van der Waals surface area contributed by atoms with Gasteiger partial charge in [0, 0.05) is 24.0 Å². The Labute approximate surface area is 163 Å². The standard InChI is InChI=1S/C22H34O3S/c1-21-10-7-15(23)13-14(21)3-4-16-17-5-6-19(25-20(24)9-12-26)22(17,2)11-8-18(16)21/h14,16-19,26H,3-13H2,1-2H3. The molecule has 0 spiro atoms. The second-order valence-corrected chi connectivity index (χ2v) is 10.4. The number of carbonyl (C=O) groups is 2. The van der Waals surface area contributed by atoms with Crippen LogP contribution in [0.5, 0.6) is 0 Å². The van der Waals surface area contributed by atoms with Crippen molar-refractivity contribution in [2.75, 3.05) is 5.75 Å². The van der Waals surface area contributed by atoms with Gasteiger partial charge in [-0.3, -0.25) is 9.59 Å². The monoisotopic (exact) mass is 378 g/mol. The molecule has 7 atom stereocenters. The molecular weight excluding hydrogens is 344 g/mol. The minimum atomic E-state index is -0.0736. The third-order valence-corrected chi connectivity index (χ3v) is 9.21. The van der Waals surface area contributed by atoms with Gasteiger partial charge in [-0.2, -0.15) is 12.6 Å².